The lowest BCUT2D eigenvalue weighted by Gasteiger charge is -2.22. The first-order chi connectivity index (χ1) is 15.0. The Morgan fingerprint density at radius 1 is 1.19 bits per heavy atom. The fraction of sp³-hybridized carbons (Fsp3) is 0.458. The summed E-state index contributed by atoms with van der Waals surface area (Å²) in [6.07, 6.45) is 1.74. The van der Waals surface area contributed by atoms with Crippen LogP contribution in [0.25, 0.3) is 0 Å². The number of halogens is 2. The Bertz CT molecular complexity index is 844. The fourth-order valence-corrected chi connectivity index (χ4v) is 3.55. The number of rotatable bonds is 9. The van der Waals surface area contributed by atoms with E-state index in [1.165, 1.54) is 48.4 Å². The highest BCUT2D eigenvalue weighted by atomic mass is 127. The maximum absolute atomic E-state index is 13.0. The third kappa shape index (κ3) is 8.12. The van der Waals surface area contributed by atoms with Crippen molar-refractivity contribution < 1.29 is 14.2 Å². The lowest BCUT2D eigenvalue weighted by Crippen LogP contribution is -2.39. The molecular formula is C24H34FIN4O2. The first kappa shape index (κ1) is 26.2. The van der Waals surface area contributed by atoms with Gasteiger partial charge in [-0.15, -0.1) is 24.0 Å². The summed E-state index contributed by atoms with van der Waals surface area (Å²) in [5.41, 5.74) is 2.45. The Morgan fingerprint density at radius 2 is 1.91 bits per heavy atom. The Labute approximate surface area is 207 Å². The minimum atomic E-state index is -0.769. The molecule has 2 unspecified atom stereocenters. The average Bonchev–Trinajstić information content (AvgIpc) is 3.32. The van der Waals surface area contributed by atoms with Gasteiger partial charge in [0.1, 0.15) is 24.3 Å². The smallest absolute Gasteiger partial charge is 0.191 e. The Morgan fingerprint density at radius 3 is 2.59 bits per heavy atom. The van der Waals surface area contributed by atoms with Crippen LogP contribution >= 0.6 is 24.0 Å². The molecule has 6 nitrogen and oxygen atoms in total. The molecule has 8 heteroatoms. The number of aliphatic imine (C=N–C) groups is 1. The van der Waals surface area contributed by atoms with Gasteiger partial charge in [-0.3, -0.25) is 4.99 Å². The van der Waals surface area contributed by atoms with Gasteiger partial charge >= 0.3 is 0 Å². The number of nitrogens with zero attached hydrogens (tertiary/aromatic N) is 2. The monoisotopic (exact) mass is 556 g/mol. The topological polar surface area (TPSA) is 69.1 Å². The molecule has 0 spiro atoms. The lowest BCUT2D eigenvalue weighted by molar-refractivity contribution is 0.114. The molecule has 176 valence electrons. The van der Waals surface area contributed by atoms with Crippen molar-refractivity contribution in [2.75, 3.05) is 37.7 Å². The van der Waals surface area contributed by atoms with Crippen LogP contribution in [0.1, 0.15) is 38.3 Å². The second-order valence-electron chi connectivity index (χ2n) is 7.79. The number of benzene rings is 2. The van der Waals surface area contributed by atoms with Gasteiger partial charge in [-0.1, -0.05) is 12.1 Å². The summed E-state index contributed by atoms with van der Waals surface area (Å²) in [4.78, 5) is 6.92. The van der Waals surface area contributed by atoms with E-state index in [0.717, 1.165) is 13.1 Å². The summed E-state index contributed by atoms with van der Waals surface area (Å²) in [5.74, 6) is 0.835. The number of guanidine groups is 1. The molecule has 0 saturated carbocycles. The summed E-state index contributed by atoms with van der Waals surface area (Å²) < 4.78 is 18.5. The number of anilines is 1. The molecule has 1 heterocycles. The SMILES string of the molecule is CCNC(=NCC(O)COc1ccc(F)cc1)NC(C)c1cccc(N2CCCC2)c1.I. The van der Waals surface area contributed by atoms with Crippen molar-refractivity contribution >= 4 is 35.6 Å². The van der Waals surface area contributed by atoms with Crippen LogP contribution in [0.4, 0.5) is 10.1 Å². The van der Waals surface area contributed by atoms with Crippen LogP contribution in [0.15, 0.2) is 53.5 Å². The van der Waals surface area contributed by atoms with Crippen molar-refractivity contribution in [3.05, 3.63) is 59.9 Å². The number of nitrogens with one attached hydrogen (secondary N) is 2. The Kier molecular flexibility index (Phi) is 11.0. The van der Waals surface area contributed by atoms with Crippen LogP contribution in [0.3, 0.4) is 0 Å². The second kappa shape index (κ2) is 13.5. The molecule has 2 atom stereocenters. The molecule has 3 rings (SSSR count). The van der Waals surface area contributed by atoms with Gasteiger partial charge in [0.15, 0.2) is 5.96 Å². The van der Waals surface area contributed by atoms with Crippen LogP contribution in [0.2, 0.25) is 0 Å². The van der Waals surface area contributed by atoms with E-state index in [1.807, 2.05) is 6.92 Å². The minimum absolute atomic E-state index is 0. The molecule has 0 radical (unpaired) electrons. The summed E-state index contributed by atoms with van der Waals surface area (Å²) in [6.45, 7) is 7.34. The quantitative estimate of drug-likeness (QED) is 0.247. The molecule has 0 amide bonds. The third-order valence-electron chi connectivity index (χ3n) is 5.26. The molecule has 0 bridgehead atoms. The molecule has 1 aliphatic heterocycles. The third-order valence-corrected chi connectivity index (χ3v) is 5.26. The predicted octanol–water partition coefficient (Wildman–Crippen LogP) is 4.10. The van der Waals surface area contributed by atoms with E-state index >= 15 is 0 Å². The highest BCUT2D eigenvalue weighted by Crippen LogP contribution is 2.24. The first-order valence-electron chi connectivity index (χ1n) is 11.0. The van der Waals surface area contributed by atoms with Crippen molar-refractivity contribution in [2.45, 2.75) is 38.8 Å². The lowest BCUT2D eigenvalue weighted by atomic mass is 10.1. The molecule has 1 aliphatic rings. The summed E-state index contributed by atoms with van der Waals surface area (Å²) >= 11 is 0. The summed E-state index contributed by atoms with van der Waals surface area (Å²) in [7, 11) is 0. The highest BCUT2D eigenvalue weighted by molar-refractivity contribution is 14.0. The van der Waals surface area contributed by atoms with Gasteiger partial charge in [0, 0.05) is 25.3 Å². The van der Waals surface area contributed by atoms with E-state index < -0.39 is 6.10 Å². The zero-order valence-electron chi connectivity index (χ0n) is 18.8. The van der Waals surface area contributed by atoms with E-state index in [0.29, 0.717) is 18.3 Å². The molecule has 0 aliphatic carbocycles. The molecule has 2 aromatic rings. The minimum Gasteiger partial charge on any atom is -0.491 e. The van der Waals surface area contributed by atoms with E-state index in [-0.39, 0.29) is 49.0 Å². The van der Waals surface area contributed by atoms with Gasteiger partial charge in [-0.25, -0.2) is 4.39 Å². The molecule has 32 heavy (non-hydrogen) atoms. The molecule has 3 N–H and O–H groups in total. The van der Waals surface area contributed by atoms with Crippen LogP contribution in [0, 0.1) is 5.82 Å². The Hall–Kier alpha value is -2.07. The van der Waals surface area contributed by atoms with Crippen LogP contribution in [0.5, 0.6) is 5.75 Å². The summed E-state index contributed by atoms with van der Waals surface area (Å²) in [6, 6.07) is 14.4. The zero-order valence-corrected chi connectivity index (χ0v) is 21.1. The Balaban J connectivity index is 0.00000363. The normalized spacial score (nSPS) is 15.6. The number of ether oxygens (including phenoxy) is 1. The second-order valence-corrected chi connectivity index (χ2v) is 7.79. The van der Waals surface area contributed by atoms with Crippen molar-refractivity contribution in [3.8, 4) is 5.75 Å². The van der Waals surface area contributed by atoms with E-state index in [4.69, 9.17) is 4.74 Å². The summed E-state index contributed by atoms with van der Waals surface area (Å²) in [5, 5.41) is 16.9. The first-order valence-corrected chi connectivity index (χ1v) is 11.0. The van der Waals surface area contributed by atoms with Crippen LogP contribution in [-0.4, -0.2) is 50.0 Å². The molecule has 1 fully saturated rings. The van der Waals surface area contributed by atoms with Crippen molar-refractivity contribution in [1.82, 2.24) is 10.6 Å². The van der Waals surface area contributed by atoms with Gasteiger partial charge in [0.25, 0.3) is 0 Å². The average molecular weight is 556 g/mol. The van der Waals surface area contributed by atoms with Gasteiger partial charge in [-0.2, -0.15) is 0 Å². The highest BCUT2D eigenvalue weighted by Gasteiger charge is 2.15. The van der Waals surface area contributed by atoms with E-state index in [9.17, 15) is 9.50 Å². The van der Waals surface area contributed by atoms with Gasteiger partial charge in [0.2, 0.25) is 0 Å². The van der Waals surface area contributed by atoms with E-state index in [2.05, 4.69) is 51.7 Å². The molecule has 2 aromatic carbocycles. The van der Waals surface area contributed by atoms with Gasteiger partial charge in [-0.05, 0) is 68.7 Å². The number of hydrogen-bond donors (Lipinski definition) is 3. The largest absolute Gasteiger partial charge is 0.491 e. The number of hydrogen-bond acceptors (Lipinski definition) is 4. The van der Waals surface area contributed by atoms with Crippen molar-refractivity contribution in [1.29, 1.82) is 0 Å². The molecule has 0 aromatic heterocycles. The van der Waals surface area contributed by atoms with Crippen molar-refractivity contribution in [3.63, 3.8) is 0 Å². The maximum Gasteiger partial charge on any atom is 0.191 e. The van der Waals surface area contributed by atoms with Gasteiger partial charge < -0.3 is 25.4 Å². The van der Waals surface area contributed by atoms with Crippen LogP contribution in [-0.2, 0) is 0 Å². The predicted molar refractivity (Wildman–Crippen MR) is 139 cm³/mol. The zero-order chi connectivity index (χ0) is 22.1. The molecule has 1 saturated heterocycles. The van der Waals surface area contributed by atoms with Gasteiger partial charge in [0.05, 0.1) is 12.6 Å². The molecular weight excluding hydrogens is 522 g/mol. The number of aliphatic hydroxyl groups excluding tert-OH is 1. The number of aliphatic hydroxyl groups is 1. The fourth-order valence-electron chi connectivity index (χ4n) is 3.55. The van der Waals surface area contributed by atoms with E-state index in [1.54, 1.807) is 0 Å². The maximum atomic E-state index is 13.0. The van der Waals surface area contributed by atoms with Crippen LogP contribution < -0.4 is 20.3 Å². The standard InChI is InChI=1S/C24H33FN4O2.HI/c1-3-26-24(27-16-22(30)17-31-23-11-9-20(25)10-12-23)28-18(2)19-7-6-8-21(15-19)29-13-4-5-14-29;/h6-12,15,18,22,30H,3-5,13-14,16-17H2,1-2H3,(H2,26,27,28);1H. The van der Waals surface area contributed by atoms with Crippen molar-refractivity contribution in [2.24, 2.45) is 4.99 Å².